The van der Waals surface area contributed by atoms with Crippen molar-refractivity contribution in [1.82, 2.24) is 9.58 Å². The van der Waals surface area contributed by atoms with Crippen LogP contribution in [0.5, 0.6) is 0 Å². The lowest BCUT2D eigenvalue weighted by molar-refractivity contribution is -0.114. The molecule has 3 heterocycles. The van der Waals surface area contributed by atoms with Crippen LogP contribution in [-0.2, 0) is 4.79 Å². The van der Waals surface area contributed by atoms with Crippen molar-refractivity contribution in [2.45, 2.75) is 20.0 Å². The minimum Gasteiger partial charge on any atom is -0.316 e. The molecule has 0 saturated carbocycles. The molecule has 0 unspecified atom stereocenters. The molecule has 0 atom stereocenters. The second-order valence-corrected chi connectivity index (χ2v) is 7.90. The van der Waals surface area contributed by atoms with Crippen LogP contribution in [-0.4, -0.2) is 37.7 Å². The number of aryl methyl sites for hydroxylation is 1. The highest BCUT2D eigenvalue weighted by Gasteiger charge is 2.46. The molecule has 0 saturated heterocycles. The number of rotatable bonds is 2. The number of amidine groups is 2. The molecule has 4 rings (SSSR count). The highest BCUT2D eigenvalue weighted by atomic mass is 35.5. The van der Waals surface area contributed by atoms with Gasteiger partial charge >= 0.3 is 6.18 Å². The quantitative estimate of drug-likeness (QED) is 0.658. The molecule has 6 nitrogen and oxygen atoms in total. The fraction of sp³-hybridized carbons (Fsp3) is 0.158. The summed E-state index contributed by atoms with van der Waals surface area (Å²) in [6.07, 6.45) is -3.25. The lowest BCUT2D eigenvalue weighted by atomic mass is 10.1. The van der Waals surface area contributed by atoms with E-state index in [0.717, 1.165) is 22.1 Å². The minimum atomic E-state index is -4.68. The number of aliphatic imine (C=N–C) groups is 1. The second kappa shape index (κ2) is 7.13. The molecule has 0 bridgehead atoms. The molecule has 1 aromatic heterocycles. The van der Waals surface area contributed by atoms with Crippen LogP contribution >= 0.6 is 23.4 Å². The van der Waals surface area contributed by atoms with Crippen LogP contribution in [0.15, 0.2) is 46.0 Å². The predicted molar refractivity (Wildman–Crippen MR) is 111 cm³/mol. The number of hydrogen-bond donors (Lipinski definition) is 1. The molecule has 2 aromatic rings. The predicted octanol–water partition coefficient (Wildman–Crippen LogP) is 4.93. The van der Waals surface area contributed by atoms with Gasteiger partial charge in [-0.05, 0) is 55.4 Å². The van der Waals surface area contributed by atoms with Crippen molar-refractivity contribution in [2.24, 2.45) is 10.1 Å². The van der Waals surface area contributed by atoms with Gasteiger partial charge < -0.3 is 4.57 Å². The average Bonchev–Trinajstić information content (AvgIpc) is 3.21. The molecule has 0 fully saturated rings. The lowest BCUT2D eigenvalue weighted by Crippen LogP contribution is -2.35. The number of para-hydroxylation sites is 1. The minimum absolute atomic E-state index is 0.147. The van der Waals surface area contributed by atoms with Crippen molar-refractivity contribution in [3.05, 3.63) is 57.9 Å². The summed E-state index contributed by atoms with van der Waals surface area (Å²) in [5.74, 6) is -1.25. The summed E-state index contributed by atoms with van der Waals surface area (Å²) in [7, 11) is 0. The molecule has 1 amide bonds. The van der Waals surface area contributed by atoms with Crippen LogP contribution in [0.1, 0.15) is 17.0 Å². The van der Waals surface area contributed by atoms with Gasteiger partial charge in [-0.2, -0.15) is 28.3 Å². The van der Waals surface area contributed by atoms with E-state index in [4.69, 9.17) is 17.0 Å². The average molecular weight is 452 g/mol. The van der Waals surface area contributed by atoms with E-state index in [-0.39, 0.29) is 22.5 Å². The Morgan fingerprint density at radius 1 is 1.23 bits per heavy atom. The van der Waals surface area contributed by atoms with Gasteiger partial charge in [-0.1, -0.05) is 23.7 Å². The standard InChI is InChI=1S/C19H13ClF3N5OS/c1-9-7-11(10(2)27(9)14-6-4-3-5-13(14)20)8-12-15(24)28-18(25-16(12)29)30-17(26-28)19(21,22)23/h3-8,24H,1-2H3/b12-8-,24-15?. The zero-order chi connectivity index (χ0) is 21.8. The van der Waals surface area contributed by atoms with E-state index in [1.807, 2.05) is 36.6 Å². The summed E-state index contributed by atoms with van der Waals surface area (Å²) in [5.41, 5.74) is 2.80. The van der Waals surface area contributed by atoms with E-state index in [1.165, 1.54) is 6.08 Å². The molecule has 0 aliphatic carbocycles. The van der Waals surface area contributed by atoms with Gasteiger partial charge in [0.15, 0.2) is 5.84 Å². The van der Waals surface area contributed by atoms with Crippen molar-refractivity contribution < 1.29 is 18.0 Å². The Kier molecular flexibility index (Phi) is 4.86. The van der Waals surface area contributed by atoms with Crippen molar-refractivity contribution in [3.8, 4) is 5.69 Å². The third-order valence-corrected chi connectivity index (χ3v) is 5.83. The number of amides is 1. The van der Waals surface area contributed by atoms with Gasteiger partial charge in [-0.25, -0.2) is 0 Å². The van der Waals surface area contributed by atoms with Crippen molar-refractivity contribution in [3.63, 3.8) is 0 Å². The zero-order valence-corrected chi connectivity index (χ0v) is 17.2. The molecule has 1 aromatic carbocycles. The number of nitrogens with one attached hydrogen (secondary N) is 1. The third-order valence-electron chi connectivity index (χ3n) is 4.56. The number of hydrazone groups is 1. The van der Waals surface area contributed by atoms with Crippen molar-refractivity contribution in [2.75, 3.05) is 0 Å². The molecule has 2 aliphatic rings. The number of hydrogen-bond acceptors (Lipinski definition) is 4. The largest absolute Gasteiger partial charge is 0.441 e. The third kappa shape index (κ3) is 3.35. The van der Waals surface area contributed by atoms with Crippen LogP contribution in [0.2, 0.25) is 5.02 Å². The molecule has 0 radical (unpaired) electrons. The maximum atomic E-state index is 12.9. The summed E-state index contributed by atoms with van der Waals surface area (Å²) < 4.78 is 40.7. The van der Waals surface area contributed by atoms with Crippen LogP contribution in [0, 0.1) is 19.3 Å². The van der Waals surface area contributed by atoms with Gasteiger partial charge in [0.1, 0.15) is 0 Å². The van der Waals surface area contributed by atoms with E-state index >= 15 is 0 Å². The molecule has 2 aliphatic heterocycles. The Labute approximate surface area is 178 Å². The zero-order valence-electron chi connectivity index (χ0n) is 15.6. The van der Waals surface area contributed by atoms with E-state index in [1.54, 1.807) is 12.1 Å². The van der Waals surface area contributed by atoms with Gasteiger partial charge in [0, 0.05) is 11.4 Å². The molecule has 30 heavy (non-hydrogen) atoms. The number of thioether (sulfide) groups is 1. The number of alkyl halides is 3. The van der Waals surface area contributed by atoms with Gasteiger partial charge in [-0.15, -0.1) is 0 Å². The SMILES string of the molecule is Cc1cc(/C=C2/C(=N)N3N=C(C(F)(F)F)SC3=NC2=O)c(C)n1-c1ccccc1Cl. The Balaban J connectivity index is 1.76. The van der Waals surface area contributed by atoms with Gasteiger partial charge in [0.25, 0.3) is 5.91 Å². The number of aromatic nitrogens is 1. The van der Waals surface area contributed by atoms with Crippen molar-refractivity contribution in [1.29, 1.82) is 5.41 Å². The van der Waals surface area contributed by atoms with Crippen LogP contribution in [0.3, 0.4) is 0 Å². The second-order valence-electron chi connectivity index (χ2n) is 6.54. The normalized spacial score (nSPS) is 18.1. The molecule has 1 N–H and O–H groups in total. The fourth-order valence-corrected chi connectivity index (χ4v) is 4.18. The summed E-state index contributed by atoms with van der Waals surface area (Å²) in [4.78, 5) is 16.1. The Morgan fingerprint density at radius 2 is 1.93 bits per heavy atom. The number of fused-ring (bicyclic) bond motifs is 1. The Morgan fingerprint density at radius 3 is 2.60 bits per heavy atom. The first-order valence-electron chi connectivity index (χ1n) is 8.59. The number of halogens is 4. The highest BCUT2D eigenvalue weighted by molar-refractivity contribution is 8.27. The molecule has 11 heteroatoms. The van der Waals surface area contributed by atoms with Crippen LogP contribution in [0.4, 0.5) is 13.2 Å². The first-order chi connectivity index (χ1) is 14.1. The Bertz CT molecular complexity index is 1200. The summed E-state index contributed by atoms with van der Waals surface area (Å²) in [5, 5.41) is 11.4. The number of carbonyl (C=O) groups is 1. The summed E-state index contributed by atoms with van der Waals surface area (Å²) >= 11 is 6.52. The monoisotopic (exact) mass is 451 g/mol. The first kappa shape index (κ1) is 20.4. The topological polar surface area (TPSA) is 73.8 Å². The lowest BCUT2D eigenvalue weighted by Gasteiger charge is -2.20. The maximum Gasteiger partial charge on any atom is 0.441 e. The van der Waals surface area contributed by atoms with Crippen molar-refractivity contribution >= 4 is 51.4 Å². The summed E-state index contributed by atoms with van der Waals surface area (Å²) in [6, 6.07) is 9.05. The smallest absolute Gasteiger partial charge is 0.316 e. The summed E-state index contributed by atoms with van der Waals surface area (Å²) in [6.45, 7) is 3.68. The molecule has 154 valence electrons. The van der Waals surface area contributed by atoms with Gasteiger partial charge in [0.2, 0.25) is 10.2 Å². The Hall–Kier alpha value is -2.85. The molecule has 0 spiro atoms. The number of benzene rings is 1. The van der Waals surface area contributed by atoms with E-state index in [2.05, 4.69) is 10.1 Å². The highest BCUT2D eigenvalue weighted by Crippen LogP contribution is 2.35. The first-order valence-corrected chi connectivity index (χ1v) is 9.78. The van der Waals surface area contributed by atoms with Crippen LogP contribution in [0.25, 0.3) is 11.8 Å². The van der Waals surface area contributed by atoms with E-state index in [9.17, 15) is 18.0 Å². The van der Waals surface area contributed by atoms with E-state index < -0.39 is 23.0 Å². The number of carbonyl (C=O) groups excluding carboxylic acids is 1. The molecular weight excluding hydrogens is 439 g/mol. The maximum absolute atomic E-state index is 12.9. The van der Waals surface area contributed by atoms with Gasteiger partial charge in [0.05, 0.1) is 16.3 Å². The number of nitrogens with zero attached hydrogens (tertiary/aromatic N) is 4. The van der Waals surface area contributed by atoms with Crippen LogP contribution < -0.4 is 0 Å². The van der Waals surface area contributed by atoms with Gasteiger partial charge in [-0.3, -0.25) is 10.2 Å². The molecular formula is C19H13ClF3N5OS. The van der Waals surface area contributed by atoms with E-state index in [0.29, 0.717) is 10.6 Å². The fourth-order valence-electron chi connectivity index (χ4n) is 3.20.